The van der Waals surface area contributed by atoms with Crippen LogP contribution in [0.15, 0.2) is 60.0 Å². The summed E-state index contributed by atoms with van der Waals surface area (Å²) < 4.78 is 16.2. The van der Waals surface area contributed by atoms with Gasteiger partial charge in [0.25, 0.3) is 0 Å². The van der Waals surface area contributed by atoms with Crippen LogP contribution in [0.3, 0.4) is 0 Å². The van der Waals surface area contributed by atoms with Gasteiger partial charge in [0.15, 0.2) is 11.5 Å². The second-order valence-corrected chi connectivity index (χ2v) is 9.57. The summed E-state index contributed by atoms with van der Waals surface area (Å²) in [6, 6.07) is 16.7. The molecule has 3 aromatic rings. The van der Waals surface area contributed by atoms with Gasteiger partial charge in [-0.2, -0.15) is 0 Å². The molecule has 1 fully saturated rings. The average molecular weight is 494 g/mol. The Labute approximate surface area is 208 Å². The maximum Gasteiger partial charge on any atom is 0.322 e. The van der Waals surface area contributed by atoms with Crippen LogP contribution in [0.25, 0.3) is 0 Å². The van der Waals surface area contributed by atoms with Crippen LogP contribution in [0.5, 0.6) is 17.2 Å². The maximum absolute atomic E-state index is 13.5. The first-order valence-corrected chi connectivity index (χ1v) is 12.4. The second kappa shape index (κ2) is 10.3. The van der Waals surface area contributed by atoms with Crippen LogP contribution in [-0.4, -0.2) is 48.2 Å². The highest BCUT2D eigenvalue weighted by Crippen LogP contribution is 2.33. The Morgan fingerprint density at radius 2 is 1.91 bits per heavy atom. The number of benzene rings is 2. The molecule has 5 rings (SSSR count). The van der Waals surface area contributed by atoms with Crippen molar-refractivity contribution >= 4 is 29.0 Å². The van der Waals surface area contributed by atoms with Gasteiger partial charge < -0.3 is 29.3 Å². The number of ether oxygens (including phenoxy) is 3. The molecule has 2 aromatic carbocycles. The number of anilines is 1. The average Bonchev–Trinajstić information content (AvgIpc) is 3.36. The first kappa shape index (κ1) is 23.0. The Morgan fingerprint density at radius 1 is 1.06 bits per heavy atom. The van der Waals surface area contributed by atoms with Crippen molar-refractivity contribution in [3.63, 3.8) is 0 Å². The Balaban J connectivity index is 1.31. The molecule has 0 saturated heterocycles. The predicted molar refractivity (Wildman–Crippen MR) is 133 cm³/mol. The van der Waals surface area contributed by atoms with E-state index in [2.05, 4.69) is 5.32 Å². The molecular formula is C26H27N3O5S. The quantitative estimate of drug-likeness (QED) is 0.467. The van der Waals surface area contributed by atoms with Crippen molar-refractivity contribution in [2.75, 3.05) is 25.8 Å². The molecule has 35 heavy (non-hydrogen) atoms. The third kappa shape index (κ3) is 5.68. The van der Waals surface area contributed by atoms with E-state index in [4.69, 9.17) is 14.2 Å². The Kier molecular flexibility index (Phi) is 6.76. The number of nitrogens with one attached hydrogen (secondary N) is 1. The van der Waals surface area contributed by atoms with E-state index in [1.165, 1.54) is 0 Å². The first-order chi connectivity index (χ1) is 17.1. The lowest BCUT2D eigenvalue weighted by atomic mass is 10.2. The summed E-state index contributed by atoms with van der Waals surface area (Å²) in [5.74, 6) is 1.94. The lowest BCUT2D eigenvalue weighted by Crippen LogP contribution is -2.45. The molecule has 1 saturated carbocycles. The van der Waals surface area contributed by atoms with Gasteiger partial charge >= 0.3 is 6.03 Å². The highest BCUT2D eigenvalue weighted by Gasteiger charge is 2.35. The van der Waals surface area contributed by atoms with E-state index in [0.717, 1.165) is 23.3 Å². The van der Waals surface area contributed by atoms with Gasteiger partial charge in [0.05, 0.1) is 13.7 Å². The van der Waals surface area contributed by atoms with Crippen LogP contribution in [0.4, 0.5) is 10.5 Å². The standard InChI is InChI=1S/C26H27N3O5S/c1-32-21-5-2-4-19(13-21)27-26(31)29(20-8-9-20)16-25(30)28(15-22-6-3-11-35-22)14-18-7-10-23-24(12-18)34-17-33-23/h2-7,10-13,20H,8-9,14-17H2,1H3,(H,27,31). The summed E-state index contributed by atoms with van der Waals surface area (Å²) in [6.45, 7) is 1.09. The zero-order chi connectivity index (χ0) is 24.2. The number of thiophene rings is 1. The molecule has 1 aliphatic heterocycles. The summed E-state index contributed by atoms with van der Waals surface area (Å²) >= 11 is 1.61. The van der Waals surface area contributed by atoms with Crippen molar-refractivity contribution in [2.24, 2.45) is 0 Å². The van der Waals surface area contributed by atoms with Crippen molar-refractivity contribution in [1.82, 2.24) is 9.80 Å². The van der Waals surface area contributed by atoms with Crippen LogP contribution in [0, 0.1) is 0 Å². The van der Waals surface area contributed by atoms with Crippen molar-refractivity contribution in [3.05, 3.63) is 70.4 Å². The molecule has 1 N–H and O–H groups in total. The molecule has 182 valence electrons. The van der Waals surface area contributed by atoms with Gasteiger partial charge in [-0.1, -0.05) is 18.2 Å². The monoisotopic (exact) mass is 493 g/mol. The summed E-state index contributed by atoms with van der Waals surface area (Å²) in [5, 5.41) is 4.91. The summed E-state index contributed by atoms with van der Waals surface area (Å²) in [6.07, 6.45) is 1.79. The van der Waals surface area contributed by atoms with Gasteiger partial charge in [0.2, 0.25) is 12.7 Å². The fourth-order valence-electron chi connectivity index (χ4n) is 3.98. The number of fused-ring (bicyclic) bond motifs is 1. The smallest absolute Gasteiger partial charge is 0.322 e. The van der Waals surface area contributed by atoms with E-state index in [1.807, 2.05) is 47.8 Å². The van der Waals surface area contributed by atoms with Crippen LogP contribution in [0.2, 0.25) is 0 Å². The van der Waals surface area contributed by atoms with E-state index in [9.17, 15) is 9.59 Å². The number of urea groups is 1. The SMILES string of the molecule is COc1cccc(NC(=O)N(CC(=O)N(Cc2ccc3c(c2)OCO3)Cc2cccs2)C2CC2)c1. The third-order valence-electron chi connectivity index (χ3n) is 5.97. The molecular weight excluding hydrogens is 466 g/mol. The van der Waals surface area contributed by atoms with Gasteiger partial charge in [-0.05, 0) is 54.1 Å². The molecule has 1 aromatic heterocycles. The third-order valence-corrected chi connectivity index (χ3v) is 6.83. The zero-order valence-electron chi connectivity index (χ0n) is 19.4. The van der Waals surface area contributed by atoms with E-state index in [1.54, 1.807) is 40.4 Å². The number of methoxy groups -OCH3 is 1. The molecule has 0 spiro atoms. The minimum Gasteiger partial charge on any atom is -0.497 e. The summed E-state index contributed by atoms with van der Waals surface area (Å²) in [5.41, 5.74) is 1.57. The van der Waals surface area contributed by atoms with Gasteiger partial charge in [-0.15, -0.1) is 11.3 Å². The van der Waals surface area contributed by atoms with Crippen LogP contribution in [0.1, 0.15) is 23.3 Å². The Bertz CT molecular complexity index is 1200. The predicted octanol–water partition coefficient (Wildman–Crippen LogP) is 4.71. The highest BCUT2D eigenvalue weighted by atomic mass is 32.1. The molecule has 0 bridgehead atoms. The molecule has 1 aliphatic carbocycles. The molecule has 0 unspecified atom stereocenters. The zero-order valence-corrected chi connectivity index (χ0v) is 20.3. The Hall–Kier alpha value is -3.72. The van der Waals surface area contributed by atoms with Gasteiger partial charge in [0.1, 0.15) is 12.3 Å². The molecule has 0 atom stereocenters. The van der Waals surface area contributed by atoms with Crippen molar-refractivity contribution in [2.45, 2.75) is 32.0 Å². The normalized spacial score (nSPS) is 13.9. The number of carbonyl (C=O) groups excluding carboxylic acids is 2. The maximum atomic E-state index is 13.5. The van der Waals surface area contributed by atoms with Gasteiger partial charge in [-0.3, -0.25) is 4.79 Å². The Morgan fingerprint density at radius 3 is 2.69 bits per heavy atom. The molecule has 3 amide bonds. The molecule has 2 aliphatic rings. The van der Waals surface area contributed by atoms with Crippen LogP contribution < -0.4 is 19.5 Å². The molecule has 2 heterocycles. The summed E-state index contributed by atoms with van der Waals surface area (Å²) in [7, 11) is 1.58. The lowest BCUT2D eigenvalue weighted by molar-refractivity contribution is -0.133. The molecule has 8 nitrogen and oxygen atoms in total. The van der Waals surface area contributed by atoms with Crippen molar-refractivity contribution in [3.8, 4) is 17.2 Å². The van der Waals surface area contributed by atoms with Crippen LogP contribution >= 0.6 is 11.3 Å². The largest absolute Gasteiger partial charge is 0.497 e. The minimum absolute atomic E-state index is 0.0103. The lowest BCUT2D eigenvalue weighted by Gasteiger charge is -2.28. The minimum atomic E-state index is -0.284. The van der Waals surface area contributed by atoms with Crippen molar-refractivity contribution < 1.29 is 23.8 Å². The van der Waals surface area contributed by atoms with Crippen LogP contribution in [-0.2, 0) is 17.9 Å². The molecule has 0 radical (unpaired) electrons. The number of hydrogen-bond acceptors (Lipinski definition) is 6. The fourth-order valence-corrected chi connectivity index (χ4v) is 4.70. The number of hydrogen-bond donors (Lipinski definition) is 1. The van der Waals surface area contributed by atoms with E-state index < -0.39 is 0 Å². The van der Waals surface area contributed by atoms with E-state index >= 15 is 0 Å². The van der Waals surface area contributed by atoms with Gasteiger partial charge in [-0.25, -0.2) is 4.79 Å². The summed E-state index contributed by atoms with van der Waals surface area (Å²) in [4.78, 5) is 31.2. The van der Waals surface area contributed by atoms with Gasteiger partial charge in [0, 0.05) is 29.2 Å². The topological polar surface area (TPSA) is 80.3 Å². The second-order valence-electron chi connectivity index (χ2n) is 8.54. The van der Waals surface area contributed by atoms with E-state index in [0.29, 0.717) is 36.0 Å². The number of amides is 3. The van der Waals surface area contributed by atoms with E-state index in [-0.39, 0.29) is 31.3 Å². The molecule has 9 heteroatoms. The first-order valence-electron chi connectivity index (χ1n) is 11.5. The highest BCUT2D eigenvalue weighted by molar-refractivity contribution is 7.09. The number of carbonyl (C=O) groups is 2. The number of rotatable bonds is 9. The number of nitrogens with zero attached hydrogens (tertiary/aromatic N) is 2. The fraction of sp³-hybridized carbons (Fsp3) is 0.308. The van der Waals surface area contributed by atoms with Crippen molar-refractivity contribution in [1.29, 1.82) is 0 Å².